The van der Waals surface area contributed by atoms with Crippen LogP contribution in [-0.4, -0.2) is 42.1 Å². The minimum atomic E-state index is -0.578. The average Bonchev–Trinajstić information content (AvgIpc) is 3.19. The van der Waals surface area contributed by atoms with Crippen LogP contribution in [0.2, 0.25) is 0 Å². The Morgan fingerprint density at radius 1 is 1.20 bits per heavy atom. The van der Waals surface area contributed by atoms with Crippen molar-refractivity contribution >= 4 is 16.8 Å². The van der Waals surface area contributed by atoms with Crippen LogP contribution in [0.3, 0.4) is 0 Å². The van der Waals surface area contributed by atoms with Gasteiger partial charge < -0.3 is 14.5 Å². The highest BCUT2D eigenvalue weighted by molar-refractivity contribution is 5.95. The van der Waals surface area contributed by atoms with Crippen molar-refractivity contribution in [1.29, 1.82) is 0 Å². The quantitative estimate of drug-likeness (QED) is 0.554. The maximum atomic E-state index is 14.2. The molecule has 1 aliphatic heterocycles. The molecule has 30 heavy (non-hydrogen) atoms. The second kappa shape index (κ2) is 6.87. The maximum Gasteiger partial charge on any atom is 0.270 e. The smallest absolute Gasteiger partial charge is 0.270 e. The minimum Gasteiger partial charge on any atom is -0.348 e. The molecule has 0 bridgehead atoms. The van der Waals surface area contributed by atoms with Crippen LogP contribution in [0.25, 0.3) is 22.4 Å². The molecule has 0 radical (unpaired) electrons. The summed E-state index contributed by atoms with van der Waals surface area (Å²) in [6.07, 6.45) is 1.69. The van der Waals surface area contributed by atoms with Gasteiger partial charge in [0.05, 0.1) is 18.1 Å². The van der Waals surface area contributed by atoms with Crippen LogP contribution in [-0.2, 0) is 6.54 Å². The van der Waals surface area contributed by atoms with Crippen LogP contribution in [0, 0.1) is 5.82 Å². The van der Waals surface area contributed by atoms with Gasteiger partial charge in [-0.3, -0.25) is 14.6 Å². The Morgan fingerprint density at radius 2 is 2.07 bits per heavy atom. The van der Waals surface area contributed by atoms with Crippen molar-refractivity contribution in [2.24, 2.45) is 0 Å². The number of aromatic nitrogens is 5. The van der Waals surface area contributed by atoms with Crippen LogP contribution >= 0.6 is 0 Å². The Kier molecular flexibility index (Phi) is 4.16. The minimum absolute atomic E-state index is 0.0269. The molecule has 150 valence electrons. The van der Waals surface area contributed by atoms with Crippen molar-refractivity contribution in [3.8, 4) is 11.5 Å². The van der Waals surface area contributed by atoms with Gasteiger partial charge in [0.25, 0.3) is 5.91 Å². The molecule has 1 amide bonds. The SMILES string of the molecule is C[C@H]1CN(C(=O)c2cc(=O)c3cccc(F)c3[nH]2)Cc2nnc(-c3ccccn3)n21. The number of pyridine rings is 2. The average molecular weight is 404 g/mol. The monoisotopic (exact) mass is 404 g/mol. The highest BCUT2D eigenvalue weighted by Crippen LogP contribution is 2.27. The molecule has 0 saturated carbocycles. The lowest BCUT2D eigenvalue weighted by Crippen LogP contribution is -2.41. The number of nitrogens with zero attached hydrogens (tertiary/aromatic N) is 5. The molecule has 4 aromatic rings. The van der Waals surface area contributed by atoms with Gasteiger partial charge in [0.1, 0.15) is 17.2 Å². The van der Waals surface area contributed by atoms with Crippen molar-refractivity contribution < 1.29 is 9.18 Å². The topological polar surface area (TPSA) is 96.8 Å². The predicted octanol–water partition coefficient (Wildman–Crippen LogP) is 2.54. The number of H-pyrrole nitrogens is 1. The third-order valence-electron chi connectivity index (χ3n) is 5.25. The van der Waals surface area contributed by atoms with Gasteiger partial charge in [0, 0.05) is 24.2 Å². The number of carbonyl (C=O) groups excluding carboxylic acids is 1. The summed E-state index contributed by atoms with van der Waals surface area (Å²) in [5, 5.41) is 8.70. The number of hydrogen-bond acceptors (Lipinski definition) is 5. The highest BCUT2D eigenvalue weighted by atomic mass is 19.1. The van der Waals surface area contributed by atoms with Gasteiger partial charge >= 0.3 is 0 Å². The zero-order chi connectivity index (χ0) is 20.8. The maximum absolute atomic E-state index is 14.2. The van der Waals surface area contributed by atoms with E-state index in [0.29, 0.717) is 23.9 Å². The molecule has 5 rings (SSSR count). The zero-order valence-corrected chi connectivity index (χ0v) is 16.0. The number of aromatic amines is 1. The largest absolute Gasteiger partial charge is 0.348 e. The van der Waals surface area contributed by atoms with Gasteiger partial charge in [-0.25, -0.2) is 4.39 Å². The Bertz CT molecular complexity index is 1330. The molecule has 3 aromatic heterocycles. The van der Waals surface area contributed by atoms with Crippen LogP contribution in [0.5, 0.6) is 0 Å². The first-order valence-corrected chi connectivity index (χ1v) is 9.49. The number of halogens is 1. The van der Waals surface area contributed by atoms with E-state index < -0.39 is 17.2 Å². The molecule has 0 spiro atoms. The van der Waals surface area contributed by atoms with Crippen molar-refractivity contribution in [2.45, 2.75) is 19.5 Å². The van der Waals surface area contributed by atoms with Crippen molar-refractivity contribution in [3.63, 3.8) is 0 Å². The summed E-state index contributed by atoms with van der Waals surface area (Å²) in [5.74, 6) is 0.298. The van der Waals surface area contributed by atoms with E-state index in [-0.39, 0.29) is 29.2 Å². The first kappa shape index (κ1) is 18.2. The van der Waals surface area contributed by atoms with E-state index in [0.717, 1.165) is 0 Å². The van der Waals surface area contributed by atoms with Crippen LogP contribution in [0.1, 0.15) is 29.3 Å². The standard InChI is InChI=1S/C21H17FN6O2/c1-12-10-27(11-18-25-26-20(28(12)18)15-7-2-3-8-23-15)21(30)16-9-17(29)13-5-4-6-14(22)19(13)24-16/h2-9,12H,10-11H2,1H3,(H,24,29)/t12-/m0/s1. The fraction of sp³-hybridized carbons (Fsp3) is 0.190. The van der Waals surface area contributed by atoms with Gasteiger partial charge in [-0.15, -0.1) is 10.2 Å². The lowest BCUT2D eigenvalue weighted by molar-refractivity contribution is 0.0676. The molecule has 1 aromatic carbocycles. The number of rotatable bonds is 2. The number of amides is 1. The van der Waals surface area contributed by atoms with Gasteiger partial charge in [-0.05, 0) is 31.2 Å². The molecule has 8 nitrogen and oxygen atoms in total. The van der Waals surface area contributed by atoms with E-state index in [1.54, 1.807) is 11.1 Å². The fourth-order valence-electron chi connectivity index (χ4n) is 3.88. The summed E-state index contributed by atoms with van der Waals surface area (Å²) in [5.41, 5.74) is 0.371. The third kappa shape index (κ3) is 2.86. The van der Waals surface area contributed by atoms with Crippen molar-refractivity contribution in [3.05, 3.63) is 76.2 Å². The number of carbonyl (C=O) groups is 1. The summed E-state index contributed by atoms with van der Waals surface area (Å²) in [4.78, 5) is 34.2. The van der Waals surface area contributed by atoms with E-state index in [2.05, 4.69) is 20.2 Å². The molecular formula is C21H17FN6O2. The predicted molar refractivity (Wildman–Crippen MR) is 107 cm³/mol. The fourth-order valence-corrected chi connectivity index (χ4v) is 3.88. The summed E-state index contributed by atoms with van der Waals surface area (Å²) in [6.45, 7) is 2.57. The van der Waals surface area contributed by atoms with Gasteiger partial charge in [0.2, 0.25) is 0 Å². The lowest BCUT2D eigenvalue weighted by Gasteiger charge is -2.32. The van der Waals surface area contributed by atoms with Crippen LogP contribution in [0.4, 0.5) is 4.39 Å². The summed E-state index contributed by atoms with van der Waals surface area (Å²) in [6, 6.07) is 10.9. The Morgan fingerprint density at radius 3 is 2.87 bits per heavy atom. The van der Waals surface area contributed by atoms with Crippen LogP contribution in [0.15, 0.2) is 53.5 Å². The van der Waals surface area contributed by atoms with E-state index >= 15 is 0 Å². The van der Waals surface area contributed by atoms with E-state index in [1.807, 2.05) is 29.7 Å². The molecule has 0 saturated heterocycles. The number of fused-ring (bicyclic) bond motifs is 2. The molecule has 0 aliphatic carbocycles. The summed E-state index contributed by atoms with van der Waals surface area (Å²) < 4.78 is 16.1. The Labute approximate surface area is 170 Å². The van der Waals surface area contributed by atoms with E-state index in [9.17, 15) is 14.0 Å². The Hall–Kier alpha value is -3.88. The number of benzene rings is 1. The van der Waals surface area contributed by atoms with Gasteiger partial charge in [-0.1, -0.05) is 12.1 Å². The summed E-state index contributed by atoms with van der Waals surface area (Å²) in [7, 11) is 0. The van der Waals surface area contributed by atoms with E-state index in [1.165, 1.54) is 24.3 Å². The number of hydrogen-bond donors (Lipinski definition) is 1. The molecule has 4 heterocycles. The molecular weight excluding hydrogens is 387 g/mol. The molecule has 1 aliphatic rings. The van der Waals surface area contributed by atoms with Gasteiger partial charge in [0.15, 0.2) is 17.1 Å². The molecule has 1 N–H and O–H groups in total. The highest BCUT2D eigenvalue weighted by Gasteiger charge is 2.31. The third-order valence-corrected chi connectivity index (χ3v) is 5.25. The summed E-state index contributed by atoms with van der Waals surface area (Å²) >= 11 is 0. The van der Waals surface area contributed by atoms with E-state index in [4.69, 9.17) is 0 Å². The normalized spacial score (nSPS) is 15.9. The van der Waals surface area contributed by atoms with Gasteiger partial charge in [-0.2, -0.15) is 0 Å². The number of para-hydroxylation sites is 1. The number of nitrogens with one attached hydrogen (secondary N) is 1. The second-order valence-electron chi connectivity index (χ2n) is 7.27. The van der Waals surface area contributed by atoms with Crippen molar-refractivity contribution in [2.75, 3.05) is 6.54 Å². The Balaban J connectivity index is 1.50. The molecule has 0 unspecified atom stereocenters. The van der Waals surface area contributed by atoms with Crippen molar-refractivity contribution in [1.82, 2.24) is 29.6 Å². The molecule has 0 fully saturated rings. The molecule has 1 atom stereocenters. The van der Waals surface area contributed by atoms with Crippen LogP contribution < -0.4 is 5.43 Å². The lowest BCUT2D eigenvalue weighted by atomic mass is 10.1. The first-order chi connectivity index (χ1) is 14.5. The molecule has 9 heteroatoms. The second-order valence-corrected chi connectivity index (χ2v) is 7.27. The zero-order valence-electron chi connectivity index (χ0n) is 16.0. The first-order valence-electron chi connectivity index (χ1n) is 9.49.